The number of furan rings is 1. The van der Waals surface area contributed by atoms with E-state index in [2.05, 4.69) is 133 Å². The molecule has 0 N–H and O–H groups in total. The fourth-order valence-electron chi connectivity index (χ4n) is 6.89. The second kappa shape index (κ2) is 10.7. The van der Waals surface area contributed by atoms with E-state index in [1.807, 2.05) is 18.2 Å². The Kier molecular flexibility index (Phi) is 6.01. The summed E-state index contributed by atoms with van der Waals surface area (Å²) in [5, 5.41) is 6.75. The summed E-state index contributed by atoms with van der Waals surface area (Å²) in [6.45, 7) is 0. The molecule has 0 bridgehead atoms. The highest BCUT2D eigenvalue weighted by atomic mass is 32.1. The third-order valence-electron chi connectivity index (χ3n) is 9.14. The van der Waals surface area contributed by atoms with Gasteiger partial charge in [-0.25, -0.2) is 15.0 Å². The lowest BCUT2D eigenvalue weighted by atomic mass is 9.99. The van der Waals surface area contributed by atoms with Gasteiger partial charge < -0.3 is 4.42 Å². The van der Waals surface area contributed by atoms with Crippen molar-refractivity contribution < 1.29 is 4.42 Å². The quantitative estimate of drug-likeness (QED) is 0.194. The van der Waals surface area contributed by atoms with E-state index < -0.39 is 0 Å². The van der Waals surface area contributed by atoms with Crippen LogP contribution in [0.3, 0.4) is 0 Å². The van der Waals surface area contributed by atoms with E-state index in [0.29, 0.717) is 17.5 Å². The van der Waals surface area contributed by atoms with Crippen LogP contribution < -0.4 is 0 Å². The highest BCUT2D eigenvalue weighted by molar-refractivity contribution is 7.25. The van der Waals surface area contributed by atoms with Crippen molar-refractivity contribution in [2.45, 2.75) is 0 Å². The van der Waals surface area contributed by atoms with Crippen molar-refractivity contribution in [3.63, 3.8) is 0 Å². The Morgan fingerprint density at radius 2 is 1.04 bits per heavy atom. The van der Waals surface area contributed by atoms with Crippen molar-refractivity contribution >= 4 is 64.2 Å². The number of benzene rings is 7. The van der Waals surface area contributed by atoms with Crippen LogP contribution >= 0.6 is 11.3 Å². The van der Waals surface area contributed by atoms with Crippen LogP contribution in [-0.2, 0) is 0 Å². The van der Waals surface area contributed by atoms with Gasteiger partial charge in [0.05, 0.1) is 5.56 Å². The fourth-order valence-corrected chi connectivity index (χ4v) is 8.02. The molecule has 3 heterocycles. The smallest absolute Gasteiger partial charge is 0.167 e. The second-order valence-electron chi connectivity index (χ2n) is 12.0. The van der Waals surface area contributed by atoms with E-state index in [0.717, 1.165) is 60.4 Å². The molecule has 10 aromatic rings. The lowest BCUT2D eigenvalue weighted by molar-refractivity contribution is 0.670. The summed E-state index contributed by atoms with van der Waals surface area (Å²) < 4.78 is 9.06. The van der Waals surface area contributed by atoms with Crippen LogP contribution in [0.2, 0.25) is 0 Å². The SMILES string of the molecule is c1ccc(-c2ccc(-c3nc(-c4cc5ccccc5c5c4oc4ccccc45)nc(-c4cccc5sc6ccccc6c45)n3)cc2)cc1. The van der Waals surface area contributed by atoms with E-state index in [1.165, 1.54) is 20.3 Å². The van der Waals surface area contributed by atoms with Crippen molar-refractivity contribution in [3.8, 4) is 45.3 Å². The van der Waals surface area contributed by atoms with Gasteiger partial charge >= 0.3 is 0 Å². The molecule has 0 spiro atoms. The van der Waals surface area contributed by atoms with Crippen molar-refractivity contribution in [3.05, 3.63) is 152 Å². The summed E-state index contributed by atoms with van der Waals surface area (Å²) in [6.07, 6.45) is 0. The van der Waals surface area contributed by atoms with Crippen LogP contribution in [0.15, 0.2) is 156 Å². The molecular formula is C43H25N3OS. The number of hydrogen-bond donors (Lipinski definition) is 0. The Hall–Kier alpha value is -6.17. The molecule has 0 atom stereocenters. The van der Waals surface area contributed by atoms with Crippen LogP contribution in [0.25, 0.3) is 98.2 Å². The summed E-state index contributed by atoms with van der Waals surface area (Å²) in [5.41, 5.74) is 6.67. The van der Waals surface area contributed by atoms with Gasteiger partial charge in [0.15, 0.2) is 17.5 Å². The average molecular weight is 632 g/mol. The molecule has 0 amide bonds. The Bertz CT molecular complexity index is 2830. The topological polar surface area (TPSA) is 51.8 Å². The normalized spacial score (nSPS) is 11.8. The summed E-state index contributed by atoms with van der Waals surface area (Å²) in [7, 11) is 0. The molecule has 0 aliphatic carbocycles. The van der Waals surface area contributed by atoms with Crippen LogP contribution in [0, 0.1) is 0 Å². The average Bonchev–Trinajstić information content (AvgIpc) is 3.74. The first-order valence-corrected chi connectivity index (χ1v) is 16.8. The minimum absolute atomic E-state index is 0.577. The molecule has 0 saturated carbocycles. The number of nitrogens with zero attached hydrogens (tertiary/aromatic N) is 3. The van der Waals surface area contributed by atoms with Gasteiger partial charge in [0, 0.05) is 42.1 Å². The molecule has 10 rings (SSSR count). The number of thiophene rings is 1. The minimum atomic E-state index is 0.577. The Morgan fingerprint density at radius 1 is 0.417 bits per heavy atom. The predicted molar refractivity (Wildman–Crippen MR) is 199 cm³/mol. The summed E-state index contributed by atoms with van der Waals surface area (Å²) in [6, 6.07) is 52.6. The van der Waals surface area contributed by atoms with Gasteiger partial charge in [-0.3, -0.25) is 0 Å². The molecule has 0 fully saturated rings. The summed E-state index contributed by atoms with van der Waals surface area (Å²) in [4.78, 5) is 15.6. The minimum Gasteiger partial charge on any atom is -0.455 e. The zero-order chi connectivity index (χ0) is 31.6. The van der Waals surface area contributed by atoms with Gasteiger partial charge in [-0.05, 0) is 46.2 Å². The molecule has 0 saturated heterocycles. The van der Waals surface area contributed by atoms with Crippen LogP contribution in [0.1, 0.15) is 0 Å². The van der Waals surface area contributed by atoms with Crippen LogP contribution in [-0.4, -0.2) is 15.0 Å². The first kappa shape index (κ1) is 27.0. The zero-order valence-corrected chi connectivity index (χ0v) is 26.4. The van der Waals surface area contributed by atoms with E-state index >= 15 is 0 Å². The molecule has 48 heavy (non-hydrogen) atoms. The highest BCUT2D eigenvalue weighted by Crippen LogP contribution is 2.42. The van der Waals surface area contributed by atoms with E-state index in [4.69, 9.17) is 19.4 Å². The molecular weight excluding hydrogens is 607 g/mol. The standard InChI is InChI=1S/C43H25N3OS/c1-2-11-26(12-3-1)27-21-23-28(24-22-27)41-44-42(33-17-10-20-37-38(33)32-16-7-9-19-36(32)48-37)46-43(45-41)34-25-29-13-4-5-14-30(29)39-31-15-6-8-18-35(31)47-40(34)39/h1-25H. The third kappa shape index (κ3) is 4.25. The zero-order valence-electron chi connectivity index (χ0n) is 25.6. The van der Waals surface area contributed by atoms with Crippen molar-refractivity contribution in [1.82, 2.24) is 15.0 Å². The molecule has 7 aromatic carbocycles. The van der Waals surface area contributed by atoms with E-state index in [1.54, 1.807) is 11.3 Å². The first-order valence-electron chi connectivity index (χ1n) is 15.9. The van der Waals surface area contributed by atoms with Crippen molar-refractivity contribution in [1.29, 1.82) is 0 Å². The number of fused-ring (bicyclic) bond motifs is 8. The second-order valence-corrected chi connectivity index (χ2v) is 13.1. The molecule has 4 nitrogen and oxygen atoms in total. The lowest BCUT2D eigenvalue weighted by Crippen LogP contribution is -2.01. The van der Waals surface area contributed by atoms with E-state index in [-0.39, 0.29) is 0 Å². The Morgan fingerprint density at radius 3 is 1.90 bits per heavy atom. The van der Waals surface area contributed by atoms with Crippen LogP contribution in [0.5, 0.6) is 0 Å². The molecule has 0 unspecified atom stereocenters. The van der Waals surface area contributed by atoms with Gasteiger partial charge in [0.2, 0.25) is 0 Å². The van der Waals surface area contributed by atoms with Crippen molar-refractivity contribution in [2.75, 3.05) is 0 Å². The Labute approximate surface area is 279 Å². The predicted octanol–water partition coefficient (Wildman–Crippen LogP) is 12.0. The van der Waals surface area contributed by atoms with Gasteiger partial charge in [-0.1, -0.05) is 127 Å². The molecule has 224 valence electrons. The van der Waals surface area contributed by atoms with Gasteiger partial charge in [-0.15, -0.1) is 11.3 Å². The van der Waals surface area contributed by atoms with Crippen molar-refractivity contribution in [2.24, 2.45) is 0 Å². The molecule has 0 aliphatic rings. The summed E-state index contributed by atoms with van der Waals surface area (Å²) in [5.74, 6) is 1.82. The summed E-state index contributed by atoms with van der Waals surface area (Å²) >= 11 is 1.79. The third-order valence-corrected chi connectivity index (χ3v) is 10.3. The van der Waals surface area contributed by atoms with E-state index in [9.17, 15) is 0 Å². The van der Waals surface area contributed by atoms with Gasteiger partial charge in [-0.2, -0.15) is 0 Å². The molecule has 0 radical (unpaired) electrons. The fraction of sp³-hybridized carbons (Fsp3) is 0. The van der Waals surface area contributed by atoms with Gasteiger partial charge in [0.25, 0.3) is 0 Å². The largest absolute Gasteiger partial charge is 0.455 e. The monoisotopic (exact) mass is 631 g/mol. The first-order chi connectivity index (χ1) is 23.8. The Balaban J connectivity index is 1.26. The maximum atomic E-state index is 6.62. The number of hydrogen-bond acceptors (Lipinski definition) is 5. The highest BCUT2D eigenvalue weighted by Gasteiger charge is 2.21. The maximum Gasteiger partial charge on any atom is 0.167 e. The maximum absolute atomic E-state index is 6.62. The molecule has 5 heteroatoms. The lowest BCUT2D eigenvalue weighted by Gasteiger charge is -2.11. The number of aromatic nitrogens is 3. The van der Waals surface area contributed by atoms with Gasteiger partial charge in [0.1, 0.15) is 11.2 Å². The molecule has 0 aliphatic heterocycles. The molecule has 3 aromatic heterocycles. The number of para-hydroxylation sites is 1. The number of rotatable bonds is 4. The van der Waals surface area contributed by atoms with Crippen LogP contribution in [0.4, 0.5) is 0 Å².